The molecule has 2 heterocycles. The van der Waals surface area contributed by atoms with E-state index in [0.29, 0.717) is 13.0 Å². The number of nitrogens with zero attached hydrogens (tertiary/aromatic N) is 1. The monoisotopic (exact) mass is 233 g/mol. The van der Waals surface area contributed by atoms with Gasteiger partial charge in [-0.1, -0.05) is 6.07 Å². The van der Waals surface area contributed by atoms with E-state index in [1.807, 2.05) is 10.8 Å². The lowest BCUT2D eigenvalue weighted by Crippen LogP contribution is -2.19. The van der Waals surface area contributed by atoms with Gasteiger partial charge in [0.1, 0.15) is 0 Å². The van der Waals surface area contributed by atoms with Gasteiger partial charge in [-0.2, -0.15) is 11.3 Å². The molecule has 0 aromatic carbocycles. The number of thiophene rings is 1. The Morgan fingerprint density at radius 2 is 2.19 bits per heavy atom. The van der Waals surface area contributed by atoms with Gasteiger partial charge in [0.25, 0.3) is 5.56 Å². The highest BCUT2D eigenvalue weighted by molar-refractivity contribution is 7.08. The second-order valence-corrected chi connectivity index (χ2v) is 4.20. The molecule has 0 unspecified atom stereocenters. The molecule has 2 rings (SSSR count). The number of rotatable bonds is 4. The molecule has 3 nitrogen and oxygen atoms in total. The zero-order valence-electron chi connectivity index (χ0n) is 8.63. The minimum Gasteiger partial charge on any atom is -0.315 e. The minimum absolute atomic E-state index is 0.0689. The molecule has 4 heteroatoms. The maximum Gasteiger partial charge on any atom is 0.250 e. The standard InChI is InChI=1S/C12H11NO2S/c14-11(10-5-8-16-9-10)4-7-13-6-2-1-3-12(13)15/h1-3,5-6,8-9H,4,7H2. The van der Waals surface area contributed by atoms with E-state index in [-0.39, 0.29) is 11.3 Å². The third kappa shape index (κ3) is 2.46. The van der Waals surface area contributed by atoms with Crippen LogP contribution in [0.5, 0.6) is 0 Å². The topological polar surface area (TPSA) is 39.1 Å². The van der Waals surface area contributed by atoms with Gasteiger partial charge in [-0.3, -0.25) is 9.59 Å². The molecule has 0 aliphatic carbocycles. The Labute approximate surface area is 97.0 Å². The molecule has 0 saturated heterocycles. The Hall–Kier alpha value is -1.68. The molecule has 0 aliphatic heterocycles. The van der Waals surface area contributed by atoms with Gasteiger partial charge < -0.3 is 4.57 Å². The predicted octanol–water partition coefficient (Wildman–Crippen LogP) is 2.18. The first-order valence-corrected chi connectivity index (χ1v) is 5.92. The highest BCUT2D eigenvalue weighted by atomic mass is 32.1. The second kappa shape index (κ2) is 4.90. The van der Waals surface area contributed by atoms with Gasteiger partial charge in [-0.25, -0.2) is 0 Å². The van der Waals surface area contributed by atoms with Crippen molar-refractivity contribution in [3.63, 3.8) is 0 Å². The third-order valence-electron chi connectivity index (χ3n) is 2.32. The van der Waals surface area contributed by atoms with Crippen LogP contribution in [0.15, 0.2) is 46.0 Å². The summed E-state index contributed by atoms with van der Waals surface area (Å²) in [5.74, 6) is 0.0806. The van der Waals surface area contributed by atoms with E-state index >= 15 is 0 Å². The first kappa shape index (κ1) is 10.8. The fourth-order valence-electron chi connectivity index (χ4n) is 1.43. The van der Waals surface area contributed by atoms with Gasteiger partial charge in [-0.05, 0) is 17.5 Å². The average molecular weight is 233 g/mol. The molecular weight excluding hydrogens is 222 g/mol. The molecule has 0 fully saturated rings. The highest BCUT2D eigenvalue weighted by Crippen LogP contribution is 2.08. The molecule has 0 aliphatic rings. The molecule has 82 valence electrons. The lowest BCUT2D eigenvalue weighted by atomic mass is 10.1. The highest BCUT2D eigenvalue weighted by Gasteiger charge is 2.06. The molecule has 0 N–H and O–H groups in total. The van der Waals surface area contributed by atoms with Crippen LogP contribution >= 0.6 is 11.3 Å². The summed E-state index contributed by atoms with van der Waals surface area (Å²) < 4.78 is 1.55. The van der Waals surface area contributed by atoms with Crippen LogP contribution in [0.4, 0.5) is 0 Å². The summed E-state index contributed by atoms with van der Waals surface area (Å²) in [6.07, 6.45) is 2.06. The number of hydrogen-bond donors (Lipinski definition) is 0. The third-order valence-corrected chi connectivity index (χ3v) is 3.01. The van der Waals surface area contributed by atoms with Gasteiger partial charge in [0.15, 0.2) is 5.78 Å². The number of aryl methyl sites for hydroxylation is 1. The van der Waals surface area contributed by atoms with Crippen LogP contribution in [0.2, 0.25) is 0 Å². The molecule has 0 bridgehead atoms. The maximum atomic E-state index is 11.7. The van der Waals surface area contributed by atoms with E-state index in [2.05, 4.69) is 0 Å². The summed E-state index contributed by atoms with van der Waals surface area (Å²) >= 11 is 1.50. The number of Topliss-reactive ketones (excluding diaryl/α,β-unsaturated/α-hetero) is 1. The number of hydrogen-bond acceptors (Lipinski definition) is 3. The quantitative estimate of drug-likeness (QED) is 0.759. The van der Waals surface area contributed by atoms with Gasteiger partial charge in [0.2, 0.25) is 0 Å². The first-order valence-electron chi connectivity index (χ1n) is 4.98. The van der Waals surface area contributed by atoms with Crippen molar-refractivity contribution >= 4 is 17.1 Å². The van der Waals surface area contributed by atoms with Crippen LogP contribution in [0.3, 0.4) is 0 Å². The van der Waals surface area contributed by atoms with Gasteiger partial charge in [0, 0.05) is 36.2 Å². The van der Waals surface area contributed by atoms with Crippen LogP contribution in [0.25, 0.3) is 0 Å². The largest absolute Gasteiger partial charge is 0.315 e. The Morgan fingerprint density at radius 1 is 1.31 bits per heavy atom. The summed E-state index contributed by atoms with van der Waals surface area (Å²) in [6, 6.07) is 6.78. The molecule has 0 amide bonds. The van der Waals surface area contributed by atoms with E-state index in [9.17, 15) is 9.59 Å². The van der Waals surface area contributed by atoms with E-state index in [1.54, 1.807) is 29.0 Å². The average Bonchev–Trinajstić information content (AvgIpc) is 2.81. The molecule has 0 saturated carbocycles. The summed E-state index contributed by atoms with van der Waals surface area (Å²) in [4.78, 5) is 23.1. The summed E-state index contributed by atoms with van der Waals surface area (Å²) in [5, 5.41) is 3.71. The number of carbonyl (C=O) groups excluding carboxylic acids is 1. The number of ketones is 1. The molecule has 16 heavy (non-hydrogen) atoms. The Kier molecular flexibility index (Phi) is 3.31. The van der Waals surface area contributed by atoms with Gasteiger partial charge in [-0.15, -0.1) is 0 Å². The van der Waals surface area contributed by atoms with Crippen molar-refractivity contribution in [2.75, 3.05) is 0 Å². The van der Waals surface area contributed by atoms with Crippen LogP contribution in [-0.2, 0) is 6.54 Å². The Morgan fingerprint density at radius 3 is 2.88 bits per heavy atom. The zero-order chi connectivity index (χ0) is 11.4. The van der Waals surface area contributed by atoms with E-state index in [1.165, 1.54) is 17.4 Å². The van der Waals surface area contributed by atoms with E-state index in [4.69, 9.17) is 0 Å². The minimum atomic E-state index is -0.0689. The van der Waals surface area contributed by atoms with E-state index in [0.717, 1.165) is 5.56 Å². The zero-order valence-corrected chi connectivity index (χ0v) is 9.44. The lowest BCUT2D eigenvalue weighted by molar-refractivity contribution is 0.0977. The van der Waals surface area contributed by atoms with E-state index < -0.39 is 0 Å². The number of carbonyl (C=O) groups is 1. The van der Waals surface area contributed by atoms with Crippen molar-refractivity contribution in [2.45, 2.75) is 13.0 Å². The Bertz CT molecular complexity index is 528. The SMILES string of the molecule is O=C(CCn1ccccc1=O)c1ccsc1. The smallest absolute Gasteiger partial charge is 0.250 e. The molecule has 2 aromatic heterocycles. The lowest BCUT2D eigenvalue weighted by Gasteiger charge is -2.03. The van der Waals surface area contributed by atoms with Crippen molar-refractivity contribution in [1.29, 1.82) is 0 Å². The molecule has 0 spiro atoms. The maximum absolute atomic E-state index is 11.7. The molecule has 0 atom stereocenters. The fraction of sp³-hybridized carbons (Fsp3) is 0.167. The number of aromatic nitrogens is 1. The van der Waals surface area contributed by atoms with Crippen LogP contribution < -0.4 is 5.56 Å². The van der Waals surface area contributed by atoms with Crippen molar-refractivity contribution in [3.05, 3.63) is 57.1 Å². The summed E-state index contributed by atoms with van der Waals surface area (Å²) in [5.41, 5.74) is 0.662. The second-order valence-electron chi connectivity index (χ2n) is 3.42. The van der Waals surface area contributed by atoms with Crippen molar-refractivity contribution in [2.24, 2.45) is 0 Å². The first-order chi connectivity index (χ1) is 7.77. The Balaban J connectivity index is 2.01. The van der Waals surface area contributed by atoms with Crippen molar-refractivity contribution in [3.8, 4) is 0 Å². The van der Waals surface area contributed by atoms with Crippen LogP contribution in [0.1, 0.15) is 16.8 Å². The fourth-order valence-corrected chi connectivity index (χ4v) is 2.10. The molecule has 2 aromatic rings. The summed E-state index contributed by atoms with van der Waals surface area (Å²) in [6.45, 7) is 0.439. The summed E-state index contributed by atoms with van der Waals surface area (Å²) in [7, 11) is 0. The normalized spacial score (nSPS) is 10.2. The van der Waals surface area contributed by atoms with Crippen LogP contribution in [0, 0.1) is 0 Å². The predicted molar refractivity (Wildman–Crippen MR) is 64.0 cm³/mol. The van der Waals surface area contributed by atoms with Gasteiger partial charge >= 0.3 is 0 Å². The van der Waals surface area contributed by atoms with Crippen LogP contribution in [-0.4, -0.2) is 10.4 Å². The van der Waals surface area contributed by atoms with Crippen molar-refractivity contribution in [1.82, 2.24) is 4.57 Å². The van der Waals surface area contributed by atoms with Crippen molar-refractivity contribution < 1.29 is 4.79 Å². The molecule has 0 radical (unpaired) electrons. The molecular formula is C12H11NO2S. The van der Waals surface area contributed by atoms with Gasteiger partial charge in [0.05, 0.1) is 0 Å². The number of pyridine rings is 1.